The molecule has 42 heavy (non-hydrogen) atoms. The number of nitrogens with zero attached hydrogens (tertiary/aromatic N) is 1. The Labute approximate surface area is 244 Å². The Morgan fingerprint density at radius 3 is 2.50 bits per heavy atom. The fraction of sp³-hybridized carbons (Fsp3) is 0.394. The van der Waals surface area contributed by atoms with E-state index in [0.717, 1.165) is 23.6 Å². The minimum atomic E-state index is -1.03. The largest absolute Gasteiger partial charge is 0.497 e. The van der Waals surface area contributed by atoms with Crippen LogP contribution >= 0.6 is 0 Å². The van der Waals surface area contributed by atoms with E-state index in [9.17, 15) is 19.1 Å². The van der Waals surface area contributed by atoms with Gasteiger partial charge in [-0.2, -0.15) is 0 Å². The Balaban J connectivity index is 1.78. The number of carboxylic acids is 1. The second-order valence-corrected chi connectivity index (χ2v) is 11.8. The van der Waals surface area contributed by atoms with Crippen LogP contribution in [0.15, 0.2) is 30.3 Å². The summed E-state index contributed by atoms with van der Waals surface area (Å²) < 4.78 is 47.2. The zero-order valence-electron chi connectivity index (χ0n) is 24.7. The van der Waals surface area contributed by atoms with Crippen molar-refractivity contribution in [3.63, 3.8) is 0 Å². The number of methoxy groups -OCH3 is 1. The Morgan fingerprint density at radius 1 is 1.10 bits per heavy atom. The molecule has 1 amide bonds. The van der Waals surface area contributed by atoms with Gasteiger partial charge in [-0.25, -0.2) is 8.78 Å². The average molecular weight is 580 g/mol. The van der Waals surface area contributed by atoms with Crippen molar-refractivity contribution in [2.75, 3.05) is 18.6 Å². The summed E-state index contributed by atoms with van der Waals surface area (Å²) in [6, 6.07) is 6.97. The first-order chi connectivity index (χ1) is 19.8. The number of hydrogen-bond acceptors (Lipinski definition) is 5. The van der Waals surface area contributed by atoms with Crippen molar-refractivity contribution in [3.05, 3.63) is 75.3 Å². The minimum Gasteiger partial charge on any atom is -0.497 e. The summed E-state index contributed by atoms with van der Waals surface area (Å²) >= 11 is 0. The summed E-state index contributed by atoms with van der Waals surface area (Å²) in [4.78, 5) is 27.7. The topological polar surface area (TPSA) is 85.3 Å². The number of rotatable bonds is 6. The van der Waals surface area contributed by atoms with Crippen LogP contribution in [0.1, 0.15) is 65.4 Å². The van der Waals surface area contributed by atoms with Crippen LogP contribution in [0.4, 0.5) is 14.5 Å². The number of benzene rings is 3. The number of amides is 1. The summed E-state index contributed by atoms with van der Waals surface area (Å²) in [5.74, 6) is -2.24. The molecule has 7 nitrogen and oxygen atoms in total. The van der Waals surface area contributed by atoms with Crippen LogP contribution in [0.25, 0.3) is 11.1 Å². The van der Waals surface area contributed by atoms with Gasteiger partial charge in [-0.05, 0) is 105 Å². The van der Waals surface area contributed by atoms with Crippen molar-refractivity contribution in [2.45, 2.75) is 72.1 Å². The lowest BCUT2D eigenvalue weighted by atomic mass is 9.84. The minimum absolute atomic E-state index is 0.0733. The van der Waals surface area contributed by atoms with Gasteiger partial charge in [0.2, 0.25) is 0 Å². The number of carbonyl (C=O) groups excluding carboxylic acids is 1. The predicted molar refractivity (Wildman–Crippen MR) is 155 cm³/mol. The number of anilines is 1. The lowest BCUT2D eigenvalue weighted by molar-refractivity contribution is -0.136. The third kappa shape index (κ3) is 5.45. The van der Waals surface area contributed by atoms with E-state index in [4.69, 9.17) is 14.2 Å². The van der Waals surface area contributed by atoms with Crippen molar-refractivity contribution in [1.82, 2.24) is 0 Å². The van der Waals surface area contributed by atoms with Gasteiger partial charge in [-0.3, -0.25) is 14.5 Å². The molecule has 0 radical (unpaired) electrons. The van der Waals surface area contributed by atoms with Gasteiger partial charge in [0, 0.05) is 23.6 Å². The average Bonchev–Trinajstić information content (AvgIpc) is 3.25. The van der Waals surface area contributed by atoms with E-state index in [1.165, 1.54) is 30.2 Å². The van der Waals surface area contributed by atoms with E-state index in [1.54, 1.807) is 13.0 Å². The van der Waals surface area contributed by atoms with E-state index in [-0.39, 0.29) is 29.9 Å². The van der Waals surface area contributed by atoms with Crippen molar-refractivity contribution in [1.29, 1.82) is 0 Å². The Kier molecular flexibility index (Phi) is 7.74. The summed E-state index contributed by atoms with van der Waals surface area (Å²) in [5, 5.41) is 9.87. The van der Waals surface area contributed by atoms with Crippen LogP contribution < -0.4 is 14.4 Å². The normalized spacial score (nSPS) is 16.1. The zero-order valence-corrected chi connectivity index (χ0v) is 24.7. The predicted octanol–water partition coefficient (Wildman–Crippen LogP) is 6.55. The molecule has 3 aromatic carbocycles. The van der Waals surface area contributed by atoms with Crippen molar-refractivity contribution < 1.29 is 37.7 Å². The first kappa shape index (κ1) is 29.5. The molecule has 0 saturated heterocycles. The standard InChI is InChI=1S/C33H35F2NO6/c1-17-10-27-25(15-28(42-33(3,4)5)36(27)32(39)19-11-20(34)13-21(12-19)40-6)30(23(17)16-29(37)38)24-14-26(35)31-22(18(24)2)8-7-9-41-31/h10-14,28H,7-9,15-16H2,1-6H3,(H,37,38). The third-order valence-electron chi connectivity index (χ3n) is 7.76. The number of aliphatic carboxylic acids is 1. The molecular formula is C33H35F2NO6. The quantitative estimate of drug-likeness (QED) is 0.356. The first-order valence-corrected chi connectivity index (χ1v) is 14.0. The number of carboxylic acid groups (broad SMARTS) is 1. The van der Waals surface area contributed by atoms with Gasteiger partial charge in [0.1, 0.15) is 17.8 Å². The molecule has 0 fully saturated rings. The number of carbonyl (C=O) groups is 2. The summed E-state index contributed by atoms with van der Waals surface area (Å²) in [6.07, 6.45) is 0.526. The molecule has 0 bridgehead atoms. The van der Waals surface area contributed by atoms with Gasteiger partial charge in [0.05, 0.1) is 31.4 Å². The molecule has 2 heterocycles. The highest BCUT2D eigenvalue weighted by molar-refractivity contribution is 6.09. The SMILES string of the molecule is COc1cc(F)cc(C(=O)N2c3cc(C)c(CC(=O)O)c(-c4cc(F)c5c(c4C)CCCO5)c3CC2OC(C)(C)C)c1. The summed E-state index contributed by atoms with van der Waals surface area (Å²) in [5.41, 5.74) is 4.46. The molecule has 9 heteroatoms. The maximum absolute atomic E-state index is 15.5. The van der Waals surface area contributed by atoms with Crippen molar-refractivity contribution >= 4 is 17.6 Å². The fourth-order valence-electron chi connectivity index (χ4n) is 6.04. The van der Waals surface area contributed by atoms with E-state index in [2.05, 4.69) is 0 Å². The molecule has 0 saturated carbocycles. The van der Waals surface area contributed by atoms with Crippen LogP contribution in [-0.4, -0.2) is 42.5 Å². The fourth-order valence-corrected chi connectivity index (χ4v) is 6.04. The second kappa shape index (κ2) is 11.0. The van der Waals surface area contributed by atoms with Crippen LogP contribution in [0.2, 0.25) is 0 Å². The van der Waals surface area contributed by atoms with Gasteiger partial charge < -0.3 is 19.3 Å². The summed E-state index contributed by atoms with van der Waals surface area (Å²) in [7, 11) is 1.39. The van der Waals surface area contributed by atoms with E-state index in [1.807, 2.05) is 27.7 Å². The van der Waals surface area contributed by atoms with Gasteiger partial charge in [-0.15, -0.1) is 0 Å². The highest BCUT2D eigenvalue weighted by Crippen LogP contribution is 2.47. The van der Waals surface area contributed by atoms with Crippen LogP contribution in [0.3, 0.4) is 0 Å². The number of ether oxygens (including phenoxy) is 3. The number of aryl methyl sites for hydroxylation is 1. The third-order valence-corrected chi connectivity index (χ3v) is 7.76. The number of fused-ring (bicyclic) bond motifs is 2. The van der Waals surface area contributed by atoms with Crippen molar-refractivity contribution in [2.24, 2.45) is 0 Å². The molecular weight excluding hydrogens is 544 g/mol. The zero-order chi connectivity index (χ0) is 30.5. The second-order valence-electron chi connectivity index (χ2n) is 11.8. The smallest absolute Gasteiger partial charge is 0.307 e. The van der Waals surface area contributed by atoms with Gasteiger partial charge in [0.25, 0.3) is 5.91 Å². The van der Waals surface area contributed by atoms with Crippen molar-refractivity contribution in [3.8, 4) is 22.6 Å². The lowest BCUT2D eigenvalue weighted by Gasteiger charge is -2.32. The van der Waals surface area contributed by atoms with E-state index in [0.29, 0.717) is 46.5 Å². The molecule has 5 rings (SSSR count). The van der Waals surface area contributed by atoms with Gasteiger partial charge >= 0.3 is 5.97 Å². The van der Waals surface area contributed by atoms with E-state index >= 15 is 4.39 Å². The Morgan fingerprint density at radius 2 is 1.83 bits per heavy atom. The monoisotopic (exact) mass is 579 g/mol. The summed E-state index contributed by atoms with van der Waals surface area (Å²) in [6.45, 7) is 9.71. The maximum Gasteiger partial charge on any atom is 0.307 e. The highest BCUT2D eigenvalue weighted by atomic mass is 19.1. The molecule has 222 valence electrons. The first-order valence-electron chi connectivity index (χ1n) is 14.0. The lowest BCUT2D eigenvalue weighted by Crippen LogP contribution is -2.43. The van der Waals surface area contributed by atoms with Crippen LogP contribution in [0, 0.1) is 25.5 Å². The molecule has 0 spiro atoms. The van der Waals surface area contributed by atoms with Crippen LogP contribution in [0.5, 0.6) is 11.5 Å². The molecule has 3 aromatic rings. The van der Waals surface area contributed by atoms with Gasteiger partial charge in [-0.1, -0.05) is 0 Å². The Hall–Kier alpha value is -3.98. The molecule has 0 aliphatic carbocycles. The molecule has 0 aromatic heterocycles. The number of hydrogen-bond donors (Lipinski definition) is 1. The molecule has 2 aliphatic heterocycles. The van der Waals surface area contributed by atoms with Gasteiger partial charge in [0.15, 0.2) is 11.6 Å². The maximum atomic E-state index is 15.5. The molecule has 2 aliphatic rings. The molecule has 1 atom stereocenters. The number of halogens is 2. The highest BCUT2D eigenvalue weighted by Gasteiger charge is 2.41. The van der Waals surface area contributed by atoms with E-state index < -0.39 is 35.3 Å². The van der Waals surface area contributed by atoms with Crippen LogP contribution in [-0.2, 0) is 28.8 Å². The molecule has 1 N–H and O–H groups in total. The Bertz CT molecular complexity index is 1590. The molecule has 1 unspecified atom stereocenters.